The molecule has 98 valence electrons. The van der Waals surface area contributed by atoms with Crippen LogP contribution in [0.2, 0.25) is 0 Å². The van der Waals surface area contributed by atoms with Crippen molar-refractivity contribution in [3.05, 3.63) is 47.0 Å². The van der Waals surface area contributed by atoms with E-state index in [0.717, 1.165) is 43.5 Å². The molecule has 0 radical (unpaired) electrons. The number of piperazine rings is 1. The third kappa shape index (κ3) is 3.67. The number of allylic oxidation sites excluding steroid dienone is 1. The predicted octanol–water partition coefficient (Wildman–Crippen LogP) is 3.36. The number of halogens is 1. The van der Waals surface area contributed by atoms with E-state index in [-0.39, 0.29) is 0 Å². The minimum absolute atomic E-state index is 0.526. The molecular formula is C15H21BrN2. The molecule has 0 unspecified atom stereocenters. The smallest absolute Gasteiger partial charge is 0.0352 e. The summed E-state index contributed by atoms with van der Waals surface area (Å²) in [6, 6.07) is 9.27. The highest BCUT2D eigenvalue weighted by molar-refractivity contribution is 9.10. The number of nitrogens with zero attached hydrogens (tertiary/aromatic N) is 1. The van der Waals surface area contributed by atoms with Crippen LogP contribution in [-0.2, 0) is 0 Å². The molecule has 0 aliphatic carbocycles. The van der Waals surface area contributed by atoms with Gasteiger partial charge in [-0.25, -0.2) is 0 Å². The molecule has 1 aromatic rings. The molecule has 1 fully saturated rings. The molecule has 1 N–H and O–H groups in total. The first-order valence-corrected chi connectivity index (χ1v) is 7.41. The first-order chi connectivity index (χ1) is 8.81. The van der Waals surface area contributed by atoms with Crippen LogP contribution in [0.4, 0.5) is 0 Å². The highest BCUT2D eigenvalue weighted by Gasteiger charge is 2.21. The first kappa shape index (κ1) is 13.8. The maximum Gasteiger partial charge on any atom is 0.0352 e. The summed E-state index contributed by atoms with van der Waals surface area (Å²) >= 11 is 3.50. The quantitative estimate of drug-likeness (QED) is 0.839. The van der Waals surface area contributed by atoms with E-state index in [1.165, 1.54) is 5.56 Å². The second kappa shape index (κ2) is 7.07. The molecule has 2 nitrogen and oxygen atoms in total. The van der Waals surface area contributed by atoms with Crippen molar-refractivity contribution < 1.29 is 0 Å². The second-order valence-electron chi connectivity index (χ2n) is 4.72. The van der Waals surface area contributed by atoms with Gasteiger partial charge < -0.3 is 5.32 Å². The lowest BCUT2D eigenvalue weighted by Gasteiger charge is -2.35. The number of nitrogens with one attached hydrogen (secondary N) is 1. The van der Waals surface area contributed by atoms with Crippen LogP contribution >= 0.6 is 15.9 Å². The van der Waals surface area contributed by atoms with Gasteiger partial charge in [-0.15, -0.1) is 6.58 Å². The van der Waals surface area contributed by atoms with Crippen molar-refractivity contribution in [2.45, 2.75) is 18.9 Å². The maximum absolute atomic E-state index is 3.85. The van der Waals surface area contributed by atoms with Crippen LogP contribution in [0.25, 0.3) is 0 Å². The number of hydrogen-bond donors (Lipinski definition) is 1. The summed E-state index contributed by atoms with van der Waals surface area (Å²) in [5, 5.41) is 3.42. The van der Waals surface area contributed by atoms with Crippen LogP contribution in [0.15, 0.2) is 41.4 Å². The molecule has 18 heavy (non-hydrogen) atoms. The average molecular weight is 309 g/mol. The van der Waals surface area contributed by atoms with Crippen molar-refractivity contribution in [3.63, 3.8) is 0 Å². The van der Waals surface area contributed by atoms with E-state index in [0.29, 0.717) is 6.04 Å². The Morgan fingerprint density at radius 2 is 1.94 bits per heavy atom. The lowest BCUT2D eigenvalue weighted by molar-refractivity contribution is 0.166. The van der Waals surface area contributed by atoms with Gasteiger partial charge in [0, 0.05) is 36.7 Å². The Balaban J connectivity index is 2.12. The van der Waals surface area contributed by atoms with Gasteiger partial charge in [-0.2, -0.15) is 0 Å². The lowest BCUT2D eigenvalue weighted by Crippen LogP contribution is -2.45. The van der Waals surface area contributed by atoms with Crippen molar-refractivity contribution >= 4 is 15.9 Å². The lowest BCUT2D eigenvalue weighted by atomic mass is 9.99. The molecule has 2 rings (SSSR count). The van der Waals surface area contributed by atoms with Crippen LogP contribution in [-0.4, -0.2) is 31.1 Å². The van der Waals surface area contributed by atoms with Gasteiger partial charge in [-0.05, 0) is 30.5 Å². The molecule has 1 aliphatic rings. The minimum Gasteiger partial charge on any atom is -0.314 e. The Hall–Kier alpha value is -0.640. The molecule has 1 saturated heterocycles. The SMILES string of the molecule is C=CCC[C@@H](c1ccc(Br)cc1)N1CCNCC1. The molecule has 1 atom stereocenters. The van der Waals surface area contributed by atoms with E-state index in [1.807, 2.05) is 6.08 Å². The molecule has 3 heteroatoms. The largest absolute Gasteiger partial charge is 0.314 e. The van der Waals surface area contributed by atoms with Crippen LogP contribution in [0, 0.1) is 0 Å². The fourth-order valence-corrected chi connectivity index (χ4v) is 2.78. The van der Waals surface area contributed by atoms with E-state index in [1.54, 1.807) is 0 Å². The summed E-state index contributed by atoms with van der Waals surface area (Å²) in [5.74, 6) is 0. The molecule has 1 aliphatic heterocycles. The summed E-state index contributed by atoms with van der Waals surface area (Å²) < 4.78 is 1.15. The zero-order valence-corrected chi connectivity index (χ0v) is 12.3. The first-order valence-electron chi connectivity index (χ1n) is 6.62. The molecule has 1 aromatic carbocycles. The van der Waals surface area contributed by atoms with Gasteiger partial charge in [0.2, 0.25) is 0 Å². The second-order valence-corrected chi connectivity index (χ2v) is 5.64. The van der Waals surface area contributed by atoms with E-state index < -0.39 is 0 Å². The fraction of sp³-hybridized carbons (Fsp3) is 0.467. The van der Waals surface area contributed by atoms with Gasteiger partial charge >= 0.3 is 0 Å². The van der Waals surface area contributed by atoms with Crippen LogP contribution in [0.3, 0.4) is 0 Å². The van der Waals surface area contributed by atoms with E-state index >= 15 is 0 Å². The summed E-state index contributed by atoms with van der Waals surface area (Å²) in [7, 11) is 0. The topological polar surface area (TPSA) is 15.3 Å². The third-order valence-electron chi connectivity index (χ3n) is 3.49. The number of hydrogen-bond acceptors (Lipinski definition) is 2. The van der Waals surface area contributed by atoms with E-state index in [2.05, 4.69) is 57.0 Å². The summed E-state index contributed by atoms with van der Waals surface area (Å²) in [6.07, 6.45) is 4.25. The average Bonchev–Trinajstić information content (AvgIpc) is 2.42. The molecule has 0 amide bonds. The van der Waals surface area contributed by atoms with Gasteiger partial charge in [-0.3, -0.25) is 4.90 Å². The Labute approximate surface area is 118 Å². The van der Waals surface area contributed by atoms with Crippen molar-refractivity contribution in [3.8, 4) is 0 Å². The molecule has 0 bridgehead atoms. The van der Waals surface area contributed by atoms with Crippen LogP contribution in [0.1, 0.15) is 24.4 Å². The molecule has 0 aromatic heterocycles. The van der Waals surface area contributed by atoms with Gasteiger partial charge in [-0.1, -0.05) is 34.1 Å². The summed E-state index contributed by atoms with van der Waals surface area (Å²) in [4.78, 5) is 2.59. The standard InChI is InChI=1S/C15H21BrN2/c1-2-3-4-15(18-11-9-17-10-12-18)13-5-7-14(16)8-6-13/h2,5-8,15,17H,1,3-4,9-12H2/t15-/m0/s1. The van der Waals surface area contributed by atoms with Gasteiger partial charge in [0.1, 0.15) is 0 Å². The third-order valence-corrected chi connectivity index (χ3v) is 4.02. The Morgan fingerprint density at radius 3 is 2.56 bits per heavy atom. The van der Waals surface area contributed by atoms with Crippen LogP contribution < -0.4 is 5.32 Å². The monoisotopic (exact) mass is 308 g/mol. The van der Waals surface area contributed by atoms with Crippen molar-refractivity contribution in [2.24, 2.45) is 0 Å². The molecule has 0 saturated carbocycles. The van der Waals surface area contributed by atoms with E-state index in [4.69, 9.17) is 0 Å². The summed E-state index contributed by atoms with van der Waals surface area (Å²) in [5.41, 5.74) is 1.42. The van der Waals surface area contributed by atoms with Crippen molar-refractivity contribution in [2.75, 3.05) is 26.2 Å². The maximum atomic E-state index is 3.85. The zero-order valence-electron chi connectivity index (χ0n) is 10.7. The van der Waals surface area contributed by atoms with Crippen LogP contribution in [0.5, 0.6) is 0 Å². The normalized spacial score (nSPS) is 18.5. The van der Waals surface area contributed by atoms with Crippen molar-refractivity contribution in [1.29, 1.82) is 0 Å². The molecular weight excluding hydrogens is 288 g/mol. The highest BCUT2D eigenvalue weighted by atomic mass is 79.9. The van der Waals surface area contributed by atoms with Gasteiger partial charge in [0.15, 0.2) is 0 Å². The van der Waals surface area contributed by atoms with E-state index in [9.17, 15) is 0 Å². The zero-order chi connectivity index (χ0) is 12.8. The Kier molecular flexibility index (Phi) is 5.42. The molecule has 0 spiro atoms. The number of rotatable bonds is 5. The fourth-order valence-electron chi connectivity index (χ4n) is 2.51. The van der Waals surface area contributed by atoms with Gasteiger partial charge in [0.05, 0.1) is 0 Å². The van der Waals surface area contributed by atoms with Gasteiger partial charge in [0.25, 0.3) is 0 Å². The minimum atomic E-state index is 0.526. The Bertz CT molecular complexity index is 369. The molecule has 1 heterocycles. The highest BCUT2D eigenvalue weighted by Crippen LogP contribution is 2.27. The summed E-state index contributed by atoms with van der Waals surface area (Å²) in [6.45, 7) is 8.32. The number of benzene rings is 1. The Morgan fingerprint density at radius 1 is 1.28 bits per heavy atom. The predicted molar refractivity (Wildman–Crippen MR) is 80.8 cm³/mol. The van der Waals surface area contributed by atoms with Crippen molar-refractivity contribution in [1.82, 2.24) is 10.2 Å².